The van der Waals surface area contributed by atoms with Crippen molar-refractivity contribution < 1.29 is 22.8 Å². The second kappa shape index (κ2) is 9.95. The second-order valence-corrected chi connectivity index (χ2v) is 9.29. The van der Waals surface area contributed by atoms with Crippen LogP contribution in [0.25, 0.3) is 0 Å². The van der Waals surface area contributed by atoms with Crippen molar-refractivity contribution in [2.24, 2.45) is 0 Å². The smallest absolute Gasteiger partial charge is 0.269 e. The molecule has 32 heavy (non-hydrogen) atoms. The molecule has 8 nitrogen and oxygen atoms in total. The van der Waals surface area contributed by atoms with Crippen LogP contribution in [0.15, 0.2) is 59.5 Å². The van der Waals surface area contributed by atoms with Crippen molar-refractivity contribution >= 4 is 27.7 Å². The van der Waals surface area contributed by atoms with Gasteiger partial charge in [0.25, 0.3) is 15.9 Å². The Morgan fingerprint density at radius 3 is 2.31 bits per heavy atom. The van der Waals surface area contributed by atoms with Gasteiger partial charge in [0.05, 0.1) is 5.56 Å². The van der Waals surface area contributed by atoms with Crippen molar-refractivity contribution in [3.8, 4) is 0 Å². The van der Waals surface area contributed by atoms with Crippen LogP contribution in [0.3, 0.4) is 0 Å². The molecule has 0 saturated heterocycles. The second-order valence-electron chi connectivity index (χ2n) is 7.45. The summed E-state index contributed by atoms with van der Waals surface area (Å²) >= 11 is 0. The fourth-order valence-electron chi connectivity index (χ4n) is 3.78. The highest BCUT2D eigenvalue weighted by atomic mass is 32.2. The van der Waals surface area contributed by atoms with Crippen LogP contribution in [0.1, 0.15) is 42.6 Å². The van der Waals surface area contributed by atoms with Crippen molar-refractivity contribution in [2.75, 3.05) is 13.1 Å². The lowest BCUT2D eigenvalue weighted by atomic mass is 10.1. The number of amides is 3. The third kappa shape index (κ3) is 4.67. The number of hydrogen-bond acceptors (Lipinski definition) is 5. The molecule has 0 aromatic heterocycles. The fourth-order valence-corrected chi connectivity index (χ4v) is 5.35. The lowest BCUT2D eigenvalue weighted by Crippen LogP contribution is -2.49. The van der Waals surface area contributed by atoms with Gasteiger partial charge in [-0.05, 0) is 31.0 Å². The molecule has 3 rings (SSSR count). The molecule has 1 N–H and O–H groups in total. The third-order valence-electron chi connectivity index (χ3n) is 5.37. The maximum Gasteiger partial charge on any atom is 0.269 e. The first-order chi connectivity index (χ1) is 15.3. The van der Waals surface area contributed by atoms with E-state index in [1.165, 1.54) is 17.0 Å². The lowest BCUT2D eigenvalue weighted by Gasteiger charge is -2.31. The van der Waals surface area contributed by atoms with Crippen molar-refractivity contribution in [1.29, 1.82) is 0 Å². The van der Waals surface area contributed by atoms with E-state index in [2.05, 4.69) is 5.32 Å². The standard InChI is InChI=1S/C23H27N3O5S/c1-3-19(22(28)24-4-2)25(16-17-10-6-5-7-11-17)21(27)14-15-26-23(29)18-12-8-9-13-20(18)32(26,30)31/h5-13,19H,3-4,14-16H2,1-2H3,(H,24,28). The fraction of sp³-hybridized carbons (Fsp3) is 0.348. The van der Waals surface area contributed by atoms with Gasteiger partial charge in [-0.1, -0.05) is 49.4 Å². The van der Waals surface area contributed by atoms with Gasteiger partial charge in [-0.25, -0.2) is 12.7 Å². The molecule has 1 unspecified atom stereocenters. The van der Waals surface area contributed by atoms with Gasteiger partial charge in [0, 0.05) is 26.1 Å². The number of sulfonamides is 1. The first-order valence-corrected chi connectivity index (χ1v) is 12.0. The molecule has 2 aromatic rings. The maximum atomic E-state index is 13.2. The number of hydrogen-bond donors (Lipinski definition) is 1. The monoisotopic (exact) mass is 457 g/mol. The SMILES string of the molecule is CCNC(=O)C(CC)N(Cc1ccccc1)C(=O)CCN1C(=O)c2ccccc2S1(=O)=O. The van der Waals surface area contributed by atoms with Gasteiger partial charge < -0.3 is 10.2 Å². The van der Waals surface area contributed by atoms with Crippen molar-refractivity contribution in [1.82, 2.24) is 14.5 Å². The average Bonchev–Trinajstić information content (AvgIpc) is 2.98. The van der Waals surface area contributed by atoms with E-state index in [0.717, 1.165) is 9.87 Å². The summed E-state index contributed by atoms with van der Waals surface area (Å²) in [6.07, 6.45) is 0.179. The molecule has 1 atom stereocenters. The van der Waals surface area contributed by atoms with E-state index in [0.29, 0.717) is 13.0 Å². The molecular formula is C23H27N3O5S. The van der Waals surface area contributed by atoms with Crippen molar-refractivity contribution in [2.45, 2.75) is 44.2 Å². The Morgan fingerprint density at radius 2 is 1.69 bits per heavy atom. The summed E-state index contributed by atoms with van der Waals surface area (Å²) in [7, 11) is -3.99. The molecule has 3 amide bonds. The van der Waals surface area contributed by atoms with E-state index in [4.69, 9.17) is 0 Å². The van der Waals surface area contributed by atoms with E-state index in [1.54, 1.807) is 19.1 Å². The number of fused-ring (bicyclic) bond motifs is 1. The molecule has 0 aliphatic carbocycles. The first kappa shape index (κ1) is 23.5. The summed E-state index contributed by atoms with van der Waals surface area (Å²) in [5.41, 5.74) is 0.954. The number of benzene rings is 2. The van der Waals surface area contributed by atoms with Crippen LogP contribution in [0.2, 0.25) is 0 Å². The molecule has 0 saturated carbocycles. The zero-order chi connectivity index (χ0) is 23.3. The van der Waals surface area contributed by atoms with Gasteiger partial charge in [-0.3, -0.25) is 14.4 Å². The number of likely N-dealkylation sites (N-methyl/N-ethyl adjacent to an activating group) is 1. The van der Waals surface area contributed by atoms with E-state index < -0.39 is 27.9 Å². The Morgan fingerprint density at radius 1 is 1.03 bits per heavy atom. The number of carbonyl (C=O) groups is 3. The summed E-state index contributed by atoms with van der Waals surface area (Å²) in [4.78, 5) is 39.9. The normalized spacial score (nSPS) is 15.2. The van der Waals surface area contributed by atoms with Crippen molar-refractivity contribution in [3.05, 3.63) is 65.7 Å². The number of carbonyl (C=O) groups excluding carboxylic acids is 3. The van der Waals surface area contributed by atoms with E-state index in [9.17, 15) is 22.8 Å². The average molecular weight is 458 g/mol. The molecule has 0 radical (unpaired) electrons. The summed E-state index contributed by atoms with van der Waals surface area (Å²) in [6, 6.07) is 14.6. The van der Waals surface area contributed by atoms with Gasteiger partial charge in [-0.2, -0.15) is 0 Å². The molecule has 1 heterocycles. The Balaban J connectivity index is 1.81. The highest BCUT2D eigenvalue weighted by Gasteiger charge is 2.41. The Bertz CT molecular complexity index is 1100. The topological polar surface area (TPSA) is 104 Å². The van der Waals surface area contributed by atoms with Crippen LogP contribution in [-0.4, -0.2) is 54.5 Å². The minimum Gasteiger partial charge on any atom is -0.355 e. The Hall–Kier alpha value is -3.20. The van der Waals surface area contributed by atoms with Gasteiger partial charge in [-0.15, -0.1) is 0 Å². The van der Waals surface area contributed by atoms with Crippen LogP contribution in [0, 0.1) is 0 Å². The van der Waals surface area contributed by atoms with Gasteiger partial charge >= 0.3 is 0 Å². The van der Waals surface area contributed by atoms with Crippen LogP contribution in [-0.2, 0) is 26.2 Å². The summed E-state index contributed by atoms with van der Waals surface area (Å²) in [5.74, 6) is -1.30. The number of rotatable bonds is 9. The predicted molar refractivity (Wildman–Crippen MR) is 119 cm³/mol. The van der Waals surface area contributed by atoms with Crippen LogP contribution in [0.4, 0.5) is 0 Å². The molecule has 9 heteroatoms. The highest BCUT2D eigenvalue weighted by Crippen LogP contribution is 2.30. The summed E-state index contributed by atoms with van der Waals surface area (Å²) < 4.78 is 26.3. The predicted octanol–water partition coefficient (Wildman–Crippen LogP) is 2.16. The quantitative estimate of drug-likeness (QED) is 0.622. The molecular weight excluding hydrogens is 430 g/mol. The van der Waals surface area contributed by atoms with Gasteiger partial charge in [0.1, 0.15) is 10.9 Å². The number of nitrogens with zero attached hydrogens (tertiary/aromatic N) is 2. The maximum absolute atomic E-state index is 13.2. The van der Waals surface area contributed by atoms with Crippen LogP contribution >= 0.6 is 0 Å². The molecule has 1 aliphatic heterocycles. The Kier molecular flexibility index (Phi) is 7.29. The number of nitrogens with one attached hydrogen (secondary N) is 1. The zero-order valence-electron chi connectivity index (χ0n) is 18.2. The summed E-state index contributed by atoms with van der Waals surface area (Å²) in [5, 5.41) is 2.75. The van der Waals surface area contributed by atoms with Gasteiger partial charge in [0.15, 0.2) is 0 Å². The zero-order valence-corrected chi connectivity index (χ0v) is 19.0. The molecule has 2 aromatic carbocycles. The van der Waals surface area contributed by atoms with E-state index in [-0.39, 0.29) is 35.9 Å². The third-order valence-corrected chi connectivity index (χ3v) is 7.21. The lowest BCUT2D eigenvalue weighted by molar-refractivity contribution is -0.141. The van der Waals surface area contributed by atoms with Crippen LogP contribution in [0.5, 0.6) is 0 Å². The summed E-state index contributed by atoms with van der Waals surface area (Å²) in [6.45, 7) is 3.97. The van der Waals surface area contributed by atoms with Crippen LogP contribution < -0.4 is 5.32 Å². The molecule has 0 bridgehead atoms. The molecule has 1 aliphatic rings. The molecule has 170 valence electrons. The minimum atomic E-state index is -3.99. The largest absolute Gasteiger partial charge is 0.355 e. The van der Waals surface area contributed by atoms with E-state index in [1.807, 2.05) is 37.3 Å². The Labute approximate surface area is 188 Å². The molecule has 0 spiro atoms. The van der Waals surface area contributed by atoms with Gasteiger partial charge in [0.2, 0.25) is 11.8 Å². The highest BCUT2D eigenvalue weighted by molar-refractivity contribution is 7.90. The first-order valence-electron chi connectivity index (χ1n) is 10.6. The molecule has 0 fully saturated rings. The van der Waals surface area contributed by atoms with E-state index >= 15 is 0 Å². The minimum absolute atomic E-state index is 0.0488. The van der Waals surface area contributed by atoms with Crippen molar-refractivity contribution in [3.63, 3.8) is 0 Å².